The third-order valence-corrected chi connectivity index (χ3v) is 3.72. The lowest BCUT2D eigenvalue weighted by Gasteiger charge is -2.04. The number of benzene rings is 1. The van der Waals surface area contributed by atoms with Crippen LogP contribution >= 0.6 is 11.8 Å². The molecular weight excluding hydrogens is 272 g/mol. The van der Waals surface area contributed by atoms with Crippen molar-refractivity contribution in [2.24, 2.45) is 0 Å². The normalized spacial score (nSPS) is 9.80. The van der Waals surface area contributed by atoms with Crippen molar-refractivity contribution in [3.05, 3.63) is 59.3 Å². The van der Waals surface area contributed by atoms with Crippen LogP contribution < -0.4 is 0 Å². The number of esters is 1. The van der Waals surface area contributed by atoms with E-state index >= 15 is 0 Å². The summed E-state index contributed by atoms with van der Waals surface area (Å²) in [7, 11) is 1.36. The number of hydrogen-bond acceptors (Lipinski definition) is 5. The second-order valence-electron chi connectivity index (χ2n) is 3.95. The first kappa shape index (κ1) is 14.1. The van der Waals surface area contributed by atoms with Gasteiger partial charge in [-0.15, -0.1) is 11.8 Å². The third kappa shape index (κ3) is 3.37. The molecule has 0 aliphatic rings. The highest BCUT2D eigenvalue weighted by Crippen LogP contribution is 2.23. The molecule has 1 aromatic carbocycles. The quantitative estimate of drug-likeness (QED) is 0.638. The number of thioether (sulfide) groups is 1. The number of methoxy groups -OCH3 is 1. The number of aromatic nitrogens is 1. The van der Waals surface area contributed by atoms with Gasteiger partial charge in [-0.3, -0.25) is 0 Å². The minimum atomic E-state index is -0.347. The SMILES string of the molecule is COC(=O)c1ccc(CSc2ncccc2C#N)cc1. The highest BCUT2D eigenvalue weighted by Gasteiger charge is 2.06. The van der Waals surface area contributed by atoms with Gasteiger partial charge < -0.3 is 4.74 Å². The number of nitriles is 1. The molecule has 4 nitrogen and oxygen atoms in total. The van der Waals surface area contributed by atoms with Crippen LogP contribution in [0.1, 0.15) is 21.5 Å². The number of rotatable bonds is 4. The standard InChI is InChI=1S/C15H12N2O2S/c1-19-15(18)12-6-4-11(5-7-12)10-20-14-13(9-16)3-2-8-17-14/h2-8H,10H2,1H3. The molecule has 0 radical (unpaired) electrons. The summed E-state index contributed by atoms with van der Waals surface area (Å²) in [6, 6.07) is 12.8. The van der Waals surface area contributed by atoms with Crippen molar-refractivity contribution in [1.29, 1.82) is 5.26 Å². The van der Waals surface area contributed by atoms with Crippen LogP contribution in [0.3, 0.4) is 0 Å². The van der Waals surface area contributed by atoms with Gasteiger partial charge in [0.2, 0.25) is 0 Å². The van der Waals surface area contributed by atoms with E-state index in [4.69, 9.17) is 5.26 Å². The summed E-state index contributed by atoms with van der Waals surface area (Å²) in [4.78, 5) is 15.5. The van der Waals surface area contributed by atoms with E-state index in [2.05, 4.69) is 15.8 Å². The highest BCUT2D eigenvalue weighted by molar-refractivity contribution is 7.98. The first-order valence-electron chi connectivity index (χ1n) is 5.89. The van der Waals surface area contributed by atoms with E-state index in [1.54, 1.807) is 30.5 Å². The van der Waals surface area contributed by atoms with E-state index in [0.29, 0.717) is 21.9 Å². The zero-order valence-corrected chi connectivity index (χ0v) is 11.7. The number of hydrogen-bond donors (Lipinski definition) is 0. The lowest BCUT2D eigenvalue weighted by molar-refractivity contribution is 0.0600. The Kier molecular flexibility index (Phi) is 4.75. The predicted molar refractivity (Wildman–Crippen MR) is 76.3 cm³/mol. The molecule has 0 saturated carbocycles. The Morgan fingerprint density at radius 1 is 1.35 bits per heavy atom. The fourth-order valence-electron chi connectivity index (χ4n) is 1.60. The third-order valence-electron chi connectivity index (χ3n) is 2.64. The van der Waals surface area contributed by atoms with Crippen molar-refractivity contribution in [1.82, 2.24) is 4.98 Å². The van der Waals surface area contributed by atoms with Crippen molar-refractivity contribution >= 4 is 17.7 Å². The van der Waals surface area contributed by atoms with Gasteiger partial charge in [0.1, 0.15) is 11.1 Å². The van der Waals surface area contributed by atoms with Crippen LogP contribution in [-0.2, 0) is 10.5 Å². The van der Waals surface area contributed by atoms with Crippen molar-refractivity contribution in [2.75, 3.05) is 7.11 Å². The average Bonchev–Trinajstić information content (AvgIpc) is 2.53. The maximum atomic E-state index is 11.3. The fraction of sp³-hybridized carbons (Fsp3) is 0.133. The van der Waals surface area contributed by atoms with Gasteiger partial charge in [-0.2, -0.15) is 5.26 Å². The zero-order chi connectivity index (χ0) is 14.4. The van der Waals surface area contributed by atoms with Gasteiger partial charge >= 0.3 is 5.97 Å². The Balaban J connectivity index is 2.04. The van der Waals surface area contributed by atoms with Gasteiger partial charge in [-0.05, 0) is 29.8 Å². The van der Waals surface area contributed by atoms with Gasteiger partial charge in [-0.1, -0.05) is 12.1 Å². The molecule has 1 heterocycles. The molecule has 0 unspecified atom stereocenters. The summed E-state index contributed by atoms with van der Waals surface area (Å²) < 4.78 is 4.65. The molecule has 5 heteroatoms. The lowest BCUT2D eigenvalue weighted by Crippen LogP contribution is -2.00. The monoisotopic (exact) mass is 284 g/mol. The lowest BCUT2D eigenvalue weighted by atomic mass is 10.1. The van der Waals surface area contributed by atoms with E-state index in [1.165, 1.54) is 18.9 Å². The van der Waals surface area contributed by atoms with E-state index < -0.39 is 0 Å². The largest absolute Gasteiger partial charge is 0.465 e. The Hall–Kier alpha value is -2.32. The highest BCUT2D eigenvalue weighted by atomic mass is 32.2. The number of pyridine rings is 1. The predicted octanol–water partition coefficient (Wildman–Crippen LogP) is 3.03. The molecule has 2 aromatic rings. The van der Waals surface area contributed by atoms with Crippen LogP contribution in [0.25, 0.3) is 0 Å². The summed E-state index contributed by atoms with van der Waals surface area (Å²) in [6.07, 6.45) is 1.67. The van der Waals surface area contributed by atoms with E-state index in [1.807, 2.05) is 12.1 Å². The second kappa shape index (κ2) is 6.73. The fourth-order valence-corrected chi connectivity index (χ4v) is 2.50. The molecule has 0 spiro atoms. The summed E-state index contributed by atoms with van der Waals surface area (Å²) >= 11 is 1.49. The summed E-state index contributed by atoms with van der Waals surface area (Å²) in [5.74, 6) is 0.341. The van der Waals surface area contributed by atoms with Crippen LogP contribution in [0.4, 0.5) is 0 Å². The van der Waals surface area contributed by atoms with Crippen molar-refractivity contribution in [3.8, 4) is 6.07 Å². The Labute approximate surface area is 121 Å². The zero-order valence-electron chi connectivity index (χ0n) is 10.9. The van der Waals surface area contributed by atoms with Crippen LogP contribution in [0.5, 0.6) is 0 Å². The molecule has 0 saturated heterocycles. The number of carbonyl (C=O) groups excluding carboxylic acids is 1. The van der Waals surface area contributed by atoms with Crippen molar-refractivity contribution in [3.63, 3.8) is 0 Å². The topological polar surface area (TPSA) is 63.0 Å². The Morgan fingerprint density at radius 2 is 2.10 bits per heavy atom. The van der Waals surface area contributed by atoms with Crippen LogP contribution in [0.15, 0.2) is 47.6 Å². The first-order chi connectivity index (χ1) is 9.74. The Morgan fingerprint density at radius 3 is 2.75 bits per heavy atom. The van der Waals surface area contributed by atoms with Gasteiger partial charge in [0.05, 0.1) is 18.2 Å². The van der Waals surface area contributed by atoms with Crippen LogP contribution in [0, 0.1) is 11.3 Å². The maximum absolute atomic E-state index is 11.3. The van der Waals surface area contributed by atoms with Crippen LogP contribution in [-0.4, -0.2) is 18.1 Å². The summed E-state index contributed by atoms with van der Waals surface area (Å²) in [6.45, 7) is 0. The van der Waals surface area contributed by atoms with Crippen molar-refractivity contribution < 1.29 is 9.53 Å². The molecule has 2 rings (SSSR count). The molecular formula is C15H12N2O2S. The van der Waals surface area contributed by atoms with E-state index in [9.17, 15) is 4.79 Å². The average molecular weight is 284 g/mol. The first-order valence-corrected chi connectivity index (χ1v) is 6.88. The molecule has 0 fully saturated rings. The molecule has 1 aromatic heterocycles. The van der Waals surface area contributed by atoms with Crippen LogP contribution in [0.2, 0.25) is 0 Å². The smallest absolute Gasteiger partial charge is 0.337 e. The molecule has 0 bridgehead atoms. The molecule has 0 atom stereocenters. The molecule has 0 aliphatic carbocycles. The molecule has 20 heavy (non-hydrogen) atoms. The maximum Gasteiger partial charge on any atom is 0.337 e. The van der Waals surface area contributed by atoms with Gasteiger partial charge in [0.25, 0.3) is 0 Å². The summed E-state index contributed by atoms with van der Waals surface area (Å²) in [5.41, 5.74) is 2.15. The van der Waals surface area contributed by atoms with E-state index in [0.717, 1.165) is 5.56 Å². The van der Waals surface area contributed by atoms with E-state index in [-0.39, 0.29) is 5.97 Å². The molecule has 100 valence electrons. The van der Waals surface area contributed by atoms with Gasteiger partial charge in [0, 0.05) is 11.9 Å². The van der Waals surface area contributed by atoms with Gasteiger partial charge in [0.15, 0.2) is 0 Å². The van der Waals surface area contributed by atoms with Gasteiger partial charge in [-0.25, -0.2) is 9.78 Å². The minimum absolute atomic E-state index is 0.347. The van der Waals surface area contributed by atoms with Crippen molar-refractivity contribution in [2.45, 2.75) is 10.8 Å². The number of carbonyl (C=O) groups is 1. The Bertz CT molecular complexity index is 648. The molecule has 0 aliphatic heterocycles. The molecule has 0 N–H and O–H groups in total. The number of nitrogens with zero attached hydrogens (tertiary/aromatic N) is 2. The number of ether oxygens (including phenoxy) is 1. The molecule has 0 amide bonds. The summed E-state index contributed by atoms with van der Waals surface area (Å²) in [5, 5.41) is 9.70. The second-order valence-corrected chi connectivity index (χ2v) is 4.91. The minimum Gasteiger partial charge on any atom is -0.465 e.